The van der Waals surface area contributed by atoms with Gasteiger partial charge in [0.2, 0.25) is 5.71 Å². The summed E-state index contributed by atoms with van der Waals surface area (Å²) in [7, 11) is 2.16. The first-order valence-electron chi connectivity index (χ1n) is 13.9. The highest BCUT2D eigenvalue weighted by atomic mass is 16.5. The second-order valence-corrected chi connectivity index (χ2v) is 10.3. The first-order chi connectivity index (χ1) is 19.2. The average molecular weight is 528 g/mol. The standard InChI is InChI=1S/C30H37N7O2/c1-35-17-19-37(20-18-35)22-38-25-9-7-24(8-10-25)28-26(23-5-3-2-4-6-23)27-29(33-21-34-30(27)39-28)32-13-16-36-14-11-31-12-15-36/h2-10,21,31H,11-20,22H2,1H3,(H,32,33,34). The molecule has 9 nitrogen and oxygen atoms in total. The van der Waals surface area contributed by atoms with Crippen LogP contribution in [0.25, 0.3) is 33.6 Å². The monoisotopic (exact) mass is 527 g/mol. The molecule has 2 saturated heterocycles. The molecule has 0 radical (unpaired) electrons. The maximum Gasteiger partial charge on any atom is 0.232 e. The van der Waals surface area contributed by atoms with Crippen molar-refractivity contribution >= 4 is 16.9 Å². The largest absolute Gasteiger partial charge is 0.478 e. The zero-order chi connectivity index (χ0) is 26.4. The van der Waals surface area contributed by atoms with Gasteiger partial charge in [0, 0.05) is 76.6 Å². The Labute approximate surface area is 229 Å². The molecule has 0 spiro atoms. The number of nitrogens with one attached hydrogen (secondary N) is 2. The summed E-state index contributed by atoms with van der Waals surface area (Å²) in [6.45, 7) is 10.8. The lowest BCUT2D eigenvalue weighted by molar-refractivity contribution is 0.0763. The first kappa shape index (κ1) is 25.8. The van der Waals surface area contributed by atoms with Gasteiger partial charge in [0.1, 0.15) is 30.4 Å². The number of rotatable bonds is 9. The number of ether oxygens (including phenoxy) is 1. The molecule has 0 saturated carbocycles. The summed E-state index contributed by atoms with van der Waals surface area (Å²) in [5.74, 6) is 2.44. The molecule has 2 aromatic heterocycles. The Morgan fingerprint density at radius 3 is 2.41 bits per heavy atom. The summed E-state index contributed by atoms with van der Waals surface area (Å²) < 4.78 is 12.5. The third-order valence-corrected chi connectivity index (χ3v) is 7.61. The van der Waals surface area contributed by atoms with E-state index in [2.05, 4.69) is 78.7 Å². The topological polar surface area (TPSA) is 81.9 Å². The minimum absolute atomic E-state index is 0.582. The van der Waals surface area contributed by atoms with Gasteiger partial charge in [-0.25, -0.2) is 9.97 Å². The number of furan rings is 1. The van der Waals surface area contributed by atoms with Crippen LogP contribution in [0, 0.1) is 0 Å². The van der Waals surface area contributed by atoms with Gasteiger partial charge >= 0.3 is 0 Å². The Balaban J connectivity index is 1.25. The highest BCUT2D eigenvalue weighted by Gasteiger charge is 2.22. The normalized spacial score (nSPS) is 17.5. The van der Waals surface area contributed by atoms with Crippen LogP contribution in [0.1, 0.15) is 0 Å². The van der Waals surface area contributed by atoms with E-state index < -0.39 is 0 Å². The minimum atomic E-state index is 0.582. The molecule has 2 aromatic carbocycles. The molecule has 4 heterocycles. The SMILES string of the molecule is CN1CCN(COc2ccc(-c3oc4ncnc(NCCN5CCNCC5)c4c3-c3ccccc3)cc2)CC1. The van der Waals surface area contributed by atoms with Crippen molar-refractivity contribution in [3.05, 3.63) is 60.9 Å². The van der Waals surface area contributed by atoms with E-state index in [1.807, 2.05) is 18.2 Å². The summed E-state index contributed by atoms with van der Waals surface area (Å²) >= 11 is 0. The molecule has 0 bridgehead atoms. The van der Waals surface area contributed by atoms with Gasteiger partial charge in [-0.15, -0.1) is 0 Å². The van der Waals surface area contributed by atoms with Crippen LogP contribution in [-0.2, 0) is 0 Å². The van der Waals surface area contributed by atoms with Crippen molar-refractivity contribution in [3.8, 4) is 28.2 Å². The number of fused-ring (bicyclic) bond motifs is 1. The van der Waals surface area contributed by atoms with Gasteiger partial charge < -0.3 is 24.7 Å². The van der Waals surface area contributed by atoms with Crippen LogP contribution in [0.4, 0.5) is 5.82 Å². The maximum absolute atomic E-state index is 6.42. The molecule has 0 unspecified atom stereocenters. The van der Waals surface area contributed by atoms with Gasteiger partial charge in [-0.2, -0.15) is 0 Å². The van der Waals surface area contributed by atoms with Crippen LogP contribution < -0.4 is 15.4 Å². The molecular weight excluding hydrogens is 490 g/mol. The molecular formula is C30H37N7O2. The second kappa shape index (κ2) is 12.1. The van der Waals surface area contributed by atoms with Gasteiger partial charge in [-0.05, 0) is 36.9 Å². The lowest BCUT2D eigenvalue weighted by Crippen LogP contribution is -2.45. The highest BCUT2D eigenvalue weighted by molar-refractivity contribution is 6.05. The Kier molecular flexibility index (Phi) is 8.01. The summed E-state index contributed by atoms with van der Waals surface area (Å²) in [5, 5.41) is 7.89. The average Bonchev–Trinajstić information content (AvgIpc) is 3.39. The summed E-state index contributed by atoms with van der Waals surface area (Å²) in [6.07, 6.45) is 1.58. The van der Waals surface area contributed by atoms with Crippen molar-refractivity contribution in [2.75, 3.05) is 84.5 Å². The molecule has 2 aliphatic heterocycles. The molecule has 9 heteroatoms. The van der Waals surface area contributed by atoms with E-state index >= 15 is 0 Å². The van der Waals surface area contributed by atoms with Crippen LogP contribution in [0.15, 0.2) is 65.3 Å². The Hall–Kier alpha value is -3.50. The molecule has 0 aliphatic carbocycles. The smallest absolute Gasteiger partial charge is 0.232 e. The van der Waals surface area contributed by atoms with Gasteiger partial charge in [0.25, 0.3) is 0 Å². The fourth-order valence-electron chi connectivity index (χ4n) is 5.26. The van der Waals surface area contributed by atoms with Crippen molar-refractivity contribution in [1.82, 2.24) is 30.0 Å². The number of benzene rings is 2. The molecule has 204 valence electrons. The number of hydrogen-bond acceptors (Lipinski definition) is 9. The molecule has 2 N–H and O–H groups in total. The number of hydrogen-bond donors (Lipinski definition) is 2. The lowest BCUT2D eigenvalue weighted by Gasteiger charge is -2.31. The molecule has 6 rings (SSSR count). The van der Waals surface area contributed by atoms with Crippen molar-refractivity contribution < 1.29 is 9.15 Å². The fourth-order valence-corrected chi connectivity index (χ4v) is 5.26. The van der Waals surface area contributed by atoms with Gasteiger partial charge in [0.15, 0.2) is 0 Å². The van der Waals surface area contributed by atoms with Crippen molar-refractivity contribution in [2.24, 2.45) is 0 Å². The molecule has 4 aromatic rings. The predicted molar refractivity (Wildman–Crippen MR) is 155 cm³/mol. The highest BCUT2D eigenvalue weighted by Crippen LogP contribution is 2.42. The summed E-state index contributed by atoms with van der Waals surface area (Å²) in [5.41, 5.74) is 3.63. The van der Waals surface area contributed by atoms with Crippen LogP contribution >= 0.6 is 0 Å². The minimum Gasteiger partial charge on any atom is -0.478 e. The molecule has 2 aliphatic rings. The van der Waals surface area contributed by atoms with Crippen molar-refractivity contribution in [3.63, 3.8) is 0 Å². The Bertz CT molecular complexity index is 1350. The number of piperazine rings is 2. The molecule has 2 fully saturated rings. The van der Waals surface area contributed by atoms with Crippen LogP contribution in [0.2, 0.25) is 0 Å². The summed E-state index contributed by atoms with van der Waals surface area (Å²) in [6, 6.07) is 18.5. The van der Waals surface area contributed by atoms with E-state index in [0.29, 0.717) is 12.4 Å². The number of nitrogens with zero attached hydrogens (tertiary/aromatic N) is 5. The lowest BCUT2D eigenvalue weighted by atomic mass is 9.99. The molecule has 0 atom stereocenters. The van der Waals surface area contributed by atoms with E-state index in [0.717, 1.165) is 105 Å². The van der Waals surface area contributed by atoms with Gasteiger partial charge in [-0.1, -0.05) is 30.3 Å². The van der Waals surface area contributed by atoms with E-state index in [4.69, 9.17) is 9.15 Å². The third kappa shape index (κ3) is 6.07. The van der Waals surface area contributed by atoms with Crippen LogP contribution in [0.3, 0.4) is 0 Å². The summed E-state index contributed by atoms with van der Waals surface area (Å²) in [4.78, 5) is 16.3. The Morgan fingerprint density at radius 2 is 1.64 bits per heavy atom. The number of aromatic nitrogens is 2. The maximum atomic E-state index is 6.42. The number of likely N-dealkylation sites (N-methyl/N-ethyl adjacent to an activating group) is 1. The van der Waals surface area contributed by atoms with E-state index in [9.17, 15) is 0 Å². The fraction of sp³-hybridized carbons (Fsp3) is 0.400. The quantitative estimate of drug-likeness (QED) is 0.340. The Morgan fingerprint density at radius 1 is 0.872 bits per heavy atom. The van der Waals surface area contributed by atoms with E-state index in [1.165, 1.54) is 0 Å². The zero-order valence-electron chi connectivity index (χ0n) is 22.6. The first-order valence-corrected chi connectivity index (χ1v) is 13.9. The predicted octanol–water partition coefficient (Wildman–Crippen LogP) is 3.46. The van der Waals surface area contributed by atoms with Crippen LogP contribution in [-0.4, -0.2) is 104 Å². The van der Waals surface area contributed by atoms with Crippen molar-refractivity contribution in [2.45, 2.75) is 0 Å². The number of anilines is 1. The van der Waals surface area contributed by atoms with Gasteiger partial charge in [-0.3, -0.25) is 9.80 Å². The van der Waals surface area contributed by atoms with Gasteiger partial charge in [0.05, 0.1) is 5.39 Å². The van der Waals surface area contributed by atoms with Crippen LogP contribution in [0.5, 0.6) is 5.75 Å². The second-order valence-electron chi connectivity index (χ2n) is 10.3. The zero-order valence-corrected chi connectivity index (χ0v) is 22.6. The van der Waals surface area contributed by atoms with E-state index in [-0.39, 0.29) is 0 Å². The van der Waals surface area contributed by atoms with Crippen molar-refractivity contribution in [1.29, 1.82) is 0 Å². The van der Waals surface area contributed by atoms with E-state index in [1.54, 1.807) is 6.33 Å². The third-order valence-electron chi connectivity index (χ3n) is 7.61. The molecule has 39 heavy (non-hydrogen) atoms. The molecule has 0 amide bonds.